The molecule has 0 saturated carbocycles. The van der Waals surface area contributed by atoms with Crippen LogP contribution in [0.1, 0.15) is 18.4 Å². The van der Waals surface area contributed by atoms with Gasteiger partial charge in [0.2, 0.25) is 5.91 Å². The second kappa shape index (κ2) is 9.40. The maximum atomic E-state index is 11.9. The molecule has 1 N–H and O–H groups in total. The number of aryl methyl sites for hydroxylation is 1. The summed E-state index contributed by atoms with van der Waals surface area (Å²) in [5.41, 5.74) is 0.882. The minimum absolute atomic E-state index is 0.0368. The Bertz CT molecular complexity index is 622. The van der Waals surface area contributed by atoms with Crippen molar-refractivity contribution in [2.45, 2.75) is 19.3 Å². The standard InChI is InChI=1S/C17H22N2O5/c1-19(2)17(22)13(11-18)6-4-12-5-7-14(23-3)15(10-12)24-9-8-16(20)21/h5,7,10,13H,4,6,8-9H2,1-3H3,(H,20,21). The van der Waals surface area contributed by atoms with Crippen LogP contribution in [0.25, 0.3) is 0 Å². The van der Waals surface area contributed by atoms with Crippen LogP contribution in [0.4, 0.5) is 0 Å². The number of ether oxygens (including phenoxy) is 2. The van der Waals surface area contributed by atoms with Gasteiger partial charge in [0.1, 0.15) is 5.92 Å². The van der Waals surface area contributed by atoms with Gasteiger partial charge in [0, 0.05) is 14.1 Å². The van der Waals surface area contributed by atoms with Gasteiger partial charge in [-0.3, -0.25) is 9.59 Å². The van der Waals surface area contributed by atoms with Crippen LogP contribution in [0.5, 0.6) is 11.5 Å². The second-order valence-corrected chi connectivity index (χ2v) is 5.43. The minimum atomic E-state index is -0.941. The minimum Gasteiger partial charge on any atom is -0.493 e. The topological polar surface area (TPSA) is 99.9 Å². The first-order valence-corrected chi connectivity index (χ1v) is 7.51. The van der Waals surface area contributed by atoms with Crippen LogP contribution in [-0.4, -0.2) is 49.7 Å². The predicted molar refractivity (Wildman–Crippen MR) is 86.9 cm³/mol. The maximum Gasteiger partial charge on any atom is 0.306 e. The summed E-state index contributed by atoms with van der Waals surface area (Å²) in [6.45, 7) is 0.0368. The van der Waals surface area contributed by atoms with Gasteiger partial charge in [-0.1, -0.05) is 6.07 Å². The van der Waals surface area contributed by atoms with E-state index in [0.29, 0.717) is 24.3 Å². The van der Waals surface area contributed by atoms with Crippen LogP contribution < -0.4 is 9.47 Å². The third-order valence-electron chi connectivity index (χ3n) is 3.42. The van der Waals surface area contributed by atoms with E-state index in [4.69, 9.17) is 19.8 Å². The molecule has 130 valence electrons. The van der Waals surface area contributed by atoms with Crippen molar-refractivity contribution in [2.24, 2.45) is 5.92 Å². The van der Waals surface area contributed by atoms with E-state index < -0.39 is 11.9 Å². The smallest absolute Gasteiger partial charge is 0.306 e. The van der Waals surface area contributed by atoms with E-state index in [1.54, 1.807) is 26.2 Å². The van der Waals surface area contributed by atoms with Crippen LogP contribution in [0.3, 0.4) is 0 Å². The molecule has 1 unspecified atom stereocenters. The molecule has 0 fully saturated rings. The molecule has 0 aliphatic carbocycles. The molecule has 0 aliphatic heterocycles. The highest BCUT2D eigenvalue weighted by atomic mass is 16.5. The molecule has 0 aromatic heterocycles. The average Bonchev–Trinajstić information content (AvgIpc) is 2.55. The van der Waals surface area contributed by atoms with Crippen LogP contribution in [0, 0.1) is 17.2 Å². The predicted octanol–water partition coefficient (Wildman–Crippen LogP) is 1.71. The van der Waals surface area contributed by atoms with E-state index in [1.807, 2.05) is 12.1 Å². The SMILES string of the molecule is COc1ccc(CCC(C#N)C(=O)N(C)C)cc1OCCC(=O)O. The van der Waals surface area contributed by atoms with Gasteiger partial charge in [0.25, 0.3) is 0 Å². The van der Waals surface area contributed by atoms with E-state index in [2.05, 4.69) is 0 Å². The van der Waals surface area contributed by atoms with Gasteiger partial charge >= 0.3 is 5.97 Å². The Hall–Kier alpha value is -2.75. The number of rotatable bonds is 9. The Labute approximate surface area is 141 Å². The molecular weight excluding hydrogens is 312 g/mol. The molecule has 0 spiro atoms. The average molecular weight is 334 g/mol. The molecule has 1 rings (SSSR count). The molecule has 7 nitrogen and oxygen atoms in total. The fourth-order valence-electron chi connectivity index (χ4n) is 2.10. The van der Waals surface area contributed by atoms with Crippen molar-refractivity contribution in [3.05, 3.63) is 23.8 Å². The lowest BCUT2D eigenvalue weighted by molar-refractivity contribution is -0.137. The fourth-order valence-corrected chi connectivity index (χ4v) is 2.10. The zero-order valence-electron chi connectivity index (χ0n) is 14.1. The van der Waals surface area contributed by atoms with Crippen LogP contribution in [0.2, 0.25) is 0 Å². The maximum absolute atomic E-state index is 11.9. The number of benzene rings is 1. The molecule has 0 radical (unpaired) electrons. The van der Waals surface area contributed by atoms with Crippen LogP contribution >= 0.6 is 0 Å². The van der Waals surface area contributed by atoms with E-state index in [1.165, 1.54) is 12.0 Å². The quantitative estimate of drug-likeness (QED) is 0.738. The molecule has 1 aromatic rings. The number of hydrogen-bond donors (Lipinski definition) is 1. The summed E-state index contributed by atoms with van der Waals surface area (Å²) < 4.78 is 10.6. The van der Waals surface area contributed by atoms with Crippen molar-refractivity contribution in [1.82, 2.24) is 4.90 Å². The molecule has 0 saturated heterocycles. The lowest BCUT2D eigenvalue weighted by Crippen LogP contribution is -2.29. The van der Waals surface area contributed by atoms with Crippen molar-refractivity contribution < 1.29 is 24.2 Å². The number of carboxylic acids is 1. The summed E-state index contributed by atoms with van der Waals surface area (Å²) >= 11 is 0. The van der Waals surface area contributed by atoms with Gasteiger partial charge in [0.15, 0.2) is 11.5 Å². The zero-order valence-corrected chi connectivity index (χ0v) is 14.1. The third kappa shape index (κ3) is 5.80. The van der Waals surface area contributed by atoms with Crippen LogP contribution in [0.15, 0.2) is 18.2 Å². The highest BCUT2D eigenvalue weighted by Crippen LogP contribution is 2.29. The Morgan fingerprint density at radius 1 is 1.33 bits per heavy atom. The number of carboxylic acid groups (broad SMARTS) is 1. The van der Waals surface area contributed by atoms with E-state index in [0.717, 1.165) is 5.56 Å². The molecule has 7 heteroatoms. The number of nitriles is 1. The normalized spacial score (nSPS) is 11.2. The Balaban J connectivity index is 2.76. The first kappa shape index (κ1) is 19.3. The largest absolute Gasteiger partial charge is 0.493 e. The van der Waals surface area contributed by atoms with Crippen molar-refractivity contribution in [2.75, 3.05) is 27.8 Å². The number of carbonyl (C=O) groups excluding carboxylic acids is 1. The summed E-state index contributed by atoms with van der Waals surface area (Å²) in [6, 6.07) is 7.32. The van der Waals surface area contributed by atoms with Crippen molar-refractivity contribution >= 4 is 11.9 Å². The number of nitrogens with zero attached hydrogens (tertiary/aromatic N) is 2. The number of methoxy groups -OCH3 is 1. The summed E-state index contributed by atoms with van der Waals surface area (Å²) in [5.74, 6) is -0.902. The van der Waals surface area contributed by atoms with Crippen molar-refractivity contribution in [1.29, 1.82) is 5.26 Å². The fraction of sp³-hybridized carbons (Fsp3) is 0.471. The van der Waals surface area contributed by atoms with Crippen molar-refractivity contribution in [3.63, 3.8) is 0 Å². The number of amides is 1. The molecule has 24 heavy (non-hydrogen) atoms. The van der Waals surface area contributed by atoms with E-state index >= 15 is 0 Å². The van der Waals surface area contributed by atoms with Gasteiger partial charge in [0.05, 0.1) is 26.2 Å². The van der Waals surface area contributed by atoms with Gasteiger partial charge in [-0.2, -0.15) is 5.26 Å². The lowest BCUT2D eigenvalue weighted by atomic mass is 9.99. The zero-order chi connectivity index (χ0) is 18.1. The monoisotopic (exact) mass is 334 g/mol. The number of aliphatic carboxylic acids is 1. The summed E-state index contributed by atoms with van der Waals surface area (Å²) in [5, 5.41) is 17.8. The number of hydrogen-bond acceptors (Lipinski definition) is 5. The highest BCUT2D eigenvalue weighted by molar-refractivity contribution is 5.80. The molecule has 1 aromatic carbocycles. The highest BCUT2D eigenvalue weighted by Gasteiger charge is 2.19. The lowest BCUT2D eigenvalue weighted by Gasteiger charge is -2.15. The molecular formula is C17H22N2O5. The third-order valence-corrected chi connectivity index (χ3v) is 3.42. The van der Waals surface area contributed by atoms with Gasteiger partial charge in [-0.05, 0) is 30.5 Å². The Kier molecular flexibility index (Phi) is 7.56. The first-order valence-electron chi connectivity index (χ1n) is 7.51. The summed E-state index contributed by atoms with van der Waals surface area (Å²) in [4.78, 5) is 23.8. The molecule has 0 heterocycles. The first-order chi connectivity index (χ1) is 11.4. The molecule has 1 amide bonds. The second-order valence-electron chi connectivity index (χ2n) is 5.43. The molecule has 1 atom stereocenters. The van der Waals surface area contributed by atoms with Crippen molar-refractivity contribution in [3.8, 4) is 17.6 Å². The molecule has 0 bridgehead atoms. The van der Waals surface area contributed by atoms with Gasteiger partial charge < -0.3 is 19.5 Å². The summed E-state index contributed by atoms with van der Waals surface area (Å²) in [6.07, 6.45) is 0.812. The van der Waals surface area contributed by atoms with E-state index in [9.17, 15) is 9.59 Å². The van der Waals surface area contributed by atoms with Crippen LogP contribution in [-0.2, 0) is 16.0 Å². The van der Waals surface area contributed by atoms with Gasteiger partial charge in [-0.15, -0.1) is 0 Å². The van der Waals surface area contributed by atoms with Gasteiger partial charge in [-0.25, -0.2) is 0 Å². The Morgan fingerprint density at radius 2 is 2.04 bits per heavy atom. The molecule has 0 aliphatic rings. The van der Waals surface area contributed by atoms with E-state index in [-0.39, 0.29) is 18.9 Å². The summed E-state index contributed by atoms with van der Waals surface area (Å²) in [7, 11) is 4.74. The number of carbonyl (C=O) groups is 2. The Morgan fingerprint density at radius 3 is 2.58 bits per heavy atom.